The third-order valence-corrected chi connectivity index (χ3v) is 11.4. The molecular formula is C50H35N5. The minimum absolute atomic E-state index is 0.145. The fourth-order valence-electron chi connectivity index (χ4n) is 8.69. The number of hydrogen-bond acceptors (Lipinski definition) is 3. The Kier molecular flexibility index (Phi) is 6.83. The van der Waals surface area contributed by atoms with Crippen molar-refractivity contribution in [1.82, 2.24) is 24.1 Å². The van der Waals surface area contributed by atoms with Crippen molar-refractivity contribution < 1.29 is 0 Å². The molecule has 0 atom stereocenters. The zero-order chi connectivity index (χ0) is 36.7. The Morgan fingerprint density at radius 2 is 1.00 bits per heavy atom. The quantitative estimate of drug-likeness (QED) is 0.179. The summed E-state index contributed by atoms with van der Waals surface area (Å²) < 4.78 is 4.85. The van der Waals surface area contributed by atoms with E-state index in [1.165, 1.54) is 49.5 Å². The van der Waals surface area contributed by atoms with Gasteiger partial charge in [-0.1, -0.05) is 141 Å². The zero-order valence-corrected chi connectivity index (χ0v) is 30.5. The second-order valence-corrected chi connectivity index (χ2v) is 14.9. The smallest absolute Gasteiger partial charge is 0.164 e. The Hall–Kier alpha value is -7.11. The summed E-state index contributed by atoms with van der Waals surface area (Å²) in [6, 6.07) is 60.1. The molecule has 0 amide bonds. The highest BCUT2D eigenvalue weighted by atomic mass is 15.0. The predicted molar refractivity (Wildman–Crippen MR) is 225 cm³/mol. The minimum Gasteiger partial charge on any atom is -0.316 e. The van der Waals surface area contributed by atoms with Crippen molar-refractivity contribution in [2.24, 2.45) is 0 Å². The lowest BCUT2D eigenvalue weighted by atomic mass is 9.74. The molecule has 0 saturated carbocycles. The summed E-state index contributed by atoms with van der Waals surface area (Å²) >= 11 is 0. The summed E-state index contributed by atoms with van der Waals surface area (Å²) in [5.41, 5.74) is 13.7. The molecule has 1 aliphatic rings. The maximum absolute atomic E-state index is 5.01. The van der Waals surface area contributed by atoms with Gasteiger partial charge in [-0.2, -0.15) is 0 Å². The molecule has 1 aliphatic heterocycles. The molecule has 10 aromatic rings. The first-order valence-corrected chi connectivity index (χ1v) is 18.8. The van der Waals surface area contributed by atoms with Crippen LogP contribution in [0.25, 0.3) is 89.4 Å². The van der Waals surface area contributed by atoms with Gasteiger partial charge in [0.05, 0.1) is 16.6 Å². The number of para-hydroxylation sites is 2. The molecule has 11 rings (SSSR count). The SMILES string of the molecule is CC1(C)c2ccccc2-n2ccc3c2c1cc1c2ccccc2n(-c2cccc(-c4cccc(-c5nc(-c6ccccc6)nc(-c6ccccc6)n5)c4)c2)c13. The van der Waals surface area contributed by atoms with Gasteiger partial charge in [0.2, 0.25) is 0 Å². The molecule has 0 N–H and O–H groups in total. The van der Waals surface area contributed by atoms with Crippen LogP contribution in [-0.2, 0) is 5.41 Å². The molecule has 0 aliphatic carbocycles. The third-order valence-electron chi connectivity index (χ3n) is 11.4. The van der Waals surface area contributed by atoms with Crippen molar-refractivity contribution in [3.8, 4) is 56.7 Å². The van der Waals surface area contributed by atoms with E-state index in [0.29, 0.717) is 17.5 Å². The topological polar surface area (TPSA) is 48.5 Å². The molecule has 0 bridgehead atoms. The van der Waals surface area contributed by atoms with Crippen LogP contribution in [0.1, 0.15) is 25.0 Å². The van der Waals surface area contributed by atoms with Gasteiger partial charge in [0, 0.05) is 55.8 Å². The predicted octanol–water partition coefficient (Wildman–Crippen LogP) is 12.2. The van der Waals surface area contributed by atoms with Gasteiger partial charge in [-0.05, 0) is 64.7 Å². The standard InChI is InChI=1S/C50H35N5/c1-50(2)41-24-10-12-26-44(41)54-28-27-39-45-40(31-42(50)46(39)54)38-23-9-11-25-43(38)55(45)37-22-14-20-35(30-37)34-19-13-21-36(29-34)49-52-47(32-15-5-3-6-16-32)51-48(53-49)33-17-7-4-8-18-33/h3-31H,1-2H3. The van der Waals surface area contributed by atoms with Gasteiger partial charge in [0.1, 0.15) is 0 Å². The Labute approximate surface area is 318 Å². The fraction of sp³-hybridized carbons (Fsp3) is 0.0600. The maximum Gasteiger partial charge on any atom is 0.164 e. The van der Waals surface area contributed by atoms with Gasteiger partial charge in [-0.15, -0.1) is 0 Å². The lowest BCUT2D eigenvalue weighted by Gasteiger charge is -2.34. The molecule has 3 aromatic heterocycles. The van der Waals surface area contributed by atoms with Crippen LogP contribution in [0.15, 0.2) is 176 Å². The van der Waals surface area contributed by atoms with Crippen LogP contribution in [-0.4, -0.2) is 24.1 Å². The number of aromatic nitrogens is 5. The Bertz CT molecular complexity index is 3060. The van der Waals surface area contributed by atoms with E-state index in [-0.39, 0.29) is 5.41 Å². The zero-order valence-electron chi connectivity index (χ0n) is 30.5. The van der Waals surface area contributed by atoms with Crippen molar-refractivity contribution in [1.29, 1.82) is 0 Å². The average Bonchev–Trinajstić information content (AvgIpc) is 3.84. The van der Waals surface area contributed by atoms with Crippen LogP contribution >= 0.6 is 0 Å². The molecule has 5 nitrogen and oxygen atoms in total. The first-order valence-electron chi connectivity index (χ1n) is 18.8. The van der Waals surface area contributed by atoms with Crippen molar-refractivity contribution >= 4 is 32.7 Å². The molecule has 5 heteroatoms. The van der Waals surface area contributed by atoms with Gasteiger partial charge in [0.15, 0.2) is 17.5 Å². The molecule has 55 heavy (non-hydrogen) atoms. The first kappa shape index (κ1) is 31.4. The fourth-order valence-corrected chi connectivity index (χ4v) is 8.69. The number of benzene rings is 7. The van der Waals surface area contributed by atoms with Gasteiger partial charge in [-0.25, -0.2) is 15.0 Å². The number of rotatable bonds is 5. The molecule has 0 saturated heterocycles. The number of fused-ring (bicyclic) bond motifs is 6. The van der Waals surface area contributed by atoms with Crippen molar-refractivity contribution in [2.45, 2.75) is 19.3 Å². The van der Waals surface area contributed by atoms with E-state index in [0.717, 1.165) is 33.5 Å². The number of hydrogen-bond donors (Lipinski definition) is 0. The Balaban J connectivity index is 1.08. The summed E-state index contributed by atoms with van der Waals surface area (Å²) in [6.07, 6.45) is 2.25. The molecule has 7 aromatic carbocycles. The minimum atomic E-state index is -0.145. The second kappa shape index (κ2) is 12.0. The Morgan fingerprint density at radius 1 is 0.418 bits per heavy atom. The first-order chi connectivity index (χ1) is 27.0. The van der Waals surface area contributed by atoms with Gasteiger partial charge in [-0.3, -0.25) is 0 Å². The average molecular weight is 706 g/mol. The van der Waals surface area contributed by atoms with Crippen LogP contribution in [0.3, 0.4) is 0 Å². The third kappa shape index (κ3) is 4.83. The summed E-state index contributed by atoms with van der Waals surface area (Å²) in [5, 5.41) is 3.79. The van der Waals surface area contributed by atoms with Crippen LogP contribution in [0, 0.1) is 0 Å². The van der Waals surface area contributed by atoms with Crippen LogP contribution in [0.4, 0.5) is 0 Å². The van der Waals surface area contributed by atoms with Crippen molar-refractivity contribution in [3.05, 3.63) is 187 Å². The molecule has 4 heterocycles. The normalized spacial score (nSPS) is 13.1. The van der Waals surface area contributed by atoms with E-state index in [1.54, 1.807) is 0 Å². The van der Waals surface area contributed by atoms with Gasteiger partial charge in [0.25, 0.3) is 0 Å². The van der Waals surface area contributed by atoms with E-state index in [9.17, 15) is 0 Å². The van der Waals surface area contributed by atoms with Gasteiger partial charge < -0.3 is 9.13 Å². The van der Waals surface area contributed by atoms with E-state index in [2.05, 4.69) is 138 Å². The molecular weight excluding hydrogens is 671 g/mol. The van der Waals surface area contributed by atoms with Crippen LogP contribution in [0.2, 0.25) is 0 Å². The molecule has 0 unspecified atom stereocenters. The van der Waals surface area contributed by atoms with Crippen LogP contribution < -0.4 is 0 Å². The Morgan fingerprint density at radius 3 is 1.75 bits per heavy atom. The lowest BCUT2D eigenvalue weighted by Crippen LogP contribution is -2.26. The summed E-state index contributed by atoms with van der Waals surface area (Å²) in [5.74, 6) is 1.94. The van der Waals surface area contributed by atoms with E-state index in [4.69, 9.17) is 15.0 Å². The van der Waals surface area contributed by atoms with E-state index in [1.807, 2.05) is 60.7 Å². The number of nitrogens with zero attached hydrogens (tertiary/aromatic N) is 5. The summed E-state index contributed by atoms with van der Waals surface area (Å²) in [4.78, 5) is 14.9. The second-order valence-electron chi connectivity index (χ2n) is 14.9. The van der Waals surface area contributed by atoms with Crippen molar-refractivity contribution in [3.63, 3.8) is 0 Å². The molecule has 260 valence electrons. The van der Waals surface area contributed by atoms with Gasteiger partial charge >= 0.3 is 0 Å². The lowest BCUT2D eigenvalue weighted by molar-refractivity contribution is 0.629. The monoisotopic (exact) mass is 705 g/mol. The highest BCUT2D eigenvalue weighted by Gasteiger charge is 2.35. The summed E-state index contributed by atoms with van der Waals surface area (Å²) in [7, 11) is 0. The molecule has 0 spiro atoms. The maximum atomic E-state index is 5.01. The highest BCUT2D eigenvalue weighted by Crippen LogP contribution is 2.48. The highest BCUT2D eigenvalue weighted by molar-refractivity contribution is 6.20. The molecule has 0 radical (unpaired) electrons. The largest absolute Gasteiger partial charge is 0.316 e. The van der Waals surface area contributed by atoms with E-state index < -0.39 is 0 Å². The van der Waals surface area contributed by atoms with Crippen molar-refractivity contribution in [2.75, 3.05) is 0 Å². The summed E-state index contributed by atoms with van der Waals surface area (Å²) in [6.45, 7) is 4.73. The molecule has 0 fully saturated rings. The van der Waals surface area contributed by atoms with E-state index >= 15 is 0 Å². The van der Waals surface area contributed by atoms with Crippen LogP contribution in [0.5, 0.6) is 0 Å².